The summed E-state index contributed by atoms with van der Waals surface area (Å²) >= 11 is 0. The largest absolute Gasteiger partial charge is 0.480 e. The van der Waals surface area contributed by atoms with Crippen LogP contribution < -0.4 is 5.73 Å². The van der Waals surface area contributed by atoms with Crippen LogP contribution in [0.2, 0.25) is 0 Å². The summed E-state index contributed by atoms with van der Waals surface area (Å²) in [6.45, 7) is -0.326. The number of hydrogen-bond donors (Lipinski definition) is 4. The molecule has 1 unspecified atom stereocenters. The number of carbonyl (C=O) groups is 1. The Morgan fingerprint density at radius 2 is 2.23 bits per heavy atom. The van der Waals surface area contributed by atoms with E-state index in [0.29, 0.717) is 0 Å². The predicted octanol–water partition coefficient (Wildman–Crippen LogP) is -1.10. The highest BCUT2D eigenvalue weighted by molar-refractivity contribution is 7.46. The Morgan fingerprint density at radius 1 is 1.69 bits per heavy atom. The van der Waals surface area contributed by atoms with E-state index in [-0.39, 0.29) is 13.0 Å². The summed E-state index contributed by atoms with van der Waals surface area (Å²) in [5.74, 6) is -1.69. The molecule has 5 N–H and O–H groups in total. The van der Waals surface area contributed by atoms with E-state index in [9.17, 15) is 9.36 Å². The van der Waals surface area contributed by atoms with Crippen LogP contribution in [0.4, 0.5) is 0 Å². The highest BCUT2D eigenvalue weighted by atomic mass is 31.2. The molecule has 1 aliphatic rings. The Bertz CT molecular complexity index is 274. The van der Waals surface area contributed by atoms with Gasteiger partial charge in [-0.1, -0.05) is 0 Å². The van der Waals surface area contributed by atoms with E-state index in [1.54, 1.807) is 0 Å². The van der Waals surface area contributed by atoms with Gasteiger partial charge in [-0.15, -0.1) is 0 Å². The molecule has 0 aromatic rings. The summed E-state index contributed by atoms with van der Waals surface area (Å²) in [6.07, 6.45) is 0.183. The number of rotatable bonds is 4. The molecule has 1 aliphatic carbocycles. The molecular formula is C5H10NO6P. The fourth-order valence-corrected chi connectivity index (χ4v) is 1.38. The second-order valence-corrected chi connectivity index (χ2v) is 4.27. The molecule has 76 valence electrons. The lowest BCUT2D eigenvalue weighted by Crippen LogP contribution is -2.35. The van der Waals surface area contributed by atoms with Gasteiger partial charge < -0.3 is 20.6 Å². The molecular weight excluding hydrogens is 201 g/mol. The highest BCUT2D eigenvalue weighted by Gasteiger charge is 2.58. The Balaban J connectivity index is 2.37. The first-order valence-electron chi connectivity index (χ1n) is 3.48. The van der Waals surface area contributed by atoms with E-state index in [1.165, 1.54) is 0 Å². The number of carboxylic acid groups (broad SMARTS) is 1. The molecule has 0 radical (unpaired) electrons. The maximum Gasteiger partial charge on any atom is 0.469 e. The Hall–Kier alpha value is -0.460. The van der Waals surface area contributed by atoms with Gasteiger partial charge in [0.1, 0.15) is 5.54 Å². The molecule has 8 heteroatoms. The number of carboxylic acids is 1. The van der Waals surface area contributed by atoms with Gasteiger partial charge in [0, 0.05) is 5.92 Å². The van der Waals surface area contributed by atoms with Crippen LogP contribution in [0.15, 0.2) is 0 Å². The van der Waals surface area contributed by atoms with Crippen molar-refractivity contribution in [1.29, 1.82) is 0 Å². The van der Waals surface area contributed by atoms with Crippen LogP contribution in [-0.2, 0) is 13.9 Å². The standard InChI is InChI=1S/C5H10NO6P/c6-5(4(7)8)1-3(5)2-12-13(9,10)11/h3H,1-2,6H2,(H,7,8)(H2,9,10,11)/t3?,5-/m0/s1. The van der Waals surface area contributed by atoms with Crippen molar-refractivity contribution < 1.29 is 28.8 Å². The van der Waals surface area contributed by atoms with Crippen molar-refractivity contribution in [3.8, 4) is 0 Å². The monoisotopic (exact) mass is 211 g/mol. The third-order valence-electron chi connectivity index (χ3n) is 1.99. The third-order valence-corrected chi connectivity index (χ3v) is 2.48. The molecule has 2 atom stereocenters. The lowest BCUT2D eigenvalue weighted by molar-refractivity contribution is -0.140. The third kappa shape index (κ3) is 2.49. The van der Waals surface area contributed by atoms with E-state index >= 15 is 0 Å². The van der Waals surface area contributed by atoms with Crippen molar-refractivity contribution in [1.82, 2.24) is 0 Å². The summed E-state index contributed by atoms with van der Waals surface area (Å²) in [5.41, 5.74) is 3.96. The van der Waals surface area contributed by atoms with Crippen molar-refractivity contribution in [3.05, 3.63) is 0 Å². The van der Waals surface area contributed by atoms with Gasteiger partial charge in [-0.05, 0) is 6.42 Å². The first kappa shape index (κ1) is 10.6. The van der Waals surface area contributed by atoms with E-state index in [4.69, 9.17) is 20.6 Å². The van der Waals surface area contributed by atoms with Crippen LogP contribution in [0, 0.1) is 5.92 Å². The topological polar surface area (TPSA) is 130 Å². The van der Waals surface area contributed by atoms with Crippen molar-refractivity contribution >= 4 is 13.8 Å². The predicted molar refractivity (Wildman–Crippen MR) is 40.7 cm³/mol. The summed E-state index contributed by atoms with van der Waals surface area (Å²) in [7, 11) is -4.51. The second-order valence-electron chi connectivity index (χ2n) is 3.03. The smallest absolute Gasteiger partial charge is 0.469 e. The SMILES string of the molecule is N[C@@]1(C(=O)O)CC1COP(=O)(O)O. The molecule has 1 rings (SSSR count). The maximum absolute atomic E-state index is 10.4. The van der Waals surface area contributed by atoms with Gasteiger partial charge in [-0.2, -0.15) is 0 Å². The Kier molecular flexibility index (Phi) is 2.48. The molecule has 7 nitrogen and oxygen atoms in total. The van der Waals surface area contributed by atoms with Crippen LogP contribution >= 0.6 is 7.82 Å². The summed E-state index contributed by atoms with van der Waals surface area (Å²) in [4.78, 5) is 27.1. The van der Waals surface area contributed by atoms with Crippen LogP contribution in [-0.4, -0.2) is 33.0 Å². The molecule has 1 fully saturated rings. The van der Waals surface area contributed by atoms with Gasteiger partial charge in [0.2, 0.25) is 0 Å². The number of hydrogen-bond acceptors (Lipinski definition) is 4. The van der Waals surface area contributed by atoms with Gasteiger partial charge in [-0.25, -0.2) is 4.57 Å². The quantitative estimate of drug-likeness (QED) is 0.434. The number of phosphoric acid groups is 1. The molecule has 13 heavy (non-hydrogen) atoms. The minimum Gasteiger partial charge on any atom is -0.480 e. The second kappa shape index (κ2) is 3.04. The van der Waals surface area contributed by atoms with Gasteiger partial charge in [0.05, 0.1) is 6.61 Å². The molecule has 0 bridgehead atoms. The lowest BCUT2D eigenvalue weighted by atomic mass is 10.2. The zero-order chi connectivity index (χ0) is 10.3. The fourth-order valence-electron chi connectivity index (χ4n) is 1.01. The molecule has 1 saturated carbocycles. The molecule has 0 aliphatic heterocycles. The van der Waals surface area contributed by atoms with Gasteiger partial charge in [0.25, 0.3) is 0 Å². The van der Waals surface area contributed by atoms with E-state index in [0.717, 1.165) is 0 Å². The van der Waals surface area contributed by atoms with Gasteiger partial charge in [0.15, 0.2) is 0 Å². The molecule has 0 amide bonds. The minimum atomic E-state index is -4.51. The lowest BCUT2D eigenvalue weighted by Gasteiger charge is -2.06. The summed E-state index contributed by atoms with van der Waals surface area (Å²) in [6, 6.07) is 0. The minimum absolute atomic E-state index is 0.183. The zero-order valence-corrected chi connectivity index (χ0v) is 7.48. The average Bonchev–Trinajstić information content (AvgIpc) is 2.58. The van der Waals surface area contributed by atoms with Crippen LogP contribution in [0.3, 0.4) is 0 Å². The molecule has 0 aromatic heterocycles. The first-order chi connectivity index (χ1) is 5.76. The van der Waals surface area contributed by atoms with Gasteiger partial charge in [-0.3, -0.25) is 9.32 Å². The molecule has 0 saturated heterocycles. The first-order valence-corrected chi connectivity index (χ1v) is 5.01. The van der Waals surface area contributed by atoms with E-state index < -0.39 is 25.2 Å². The molecule has 0 spiro atoms. The Labute approximate surface area is 73.7 Å². The summed E-state index contributed by atoms with van der Waals surface area (Å²) in [5, 5.41) is 8.54. The van der Waals surface area contributed by atoms with Crippen molar-refractivity contribution in [2.75, 3.05) is 6.61 Å². The molecule has 0 aromatic carbocycles. The number of phosphoric ester groups is 1. The van der Waals surface area contributed by atoms with Crippen molar-refractivity contribution in [3.63, 3.8) is 0 Å². The number of aliphatic carboxylic acids is 1. The van der Waals surface area contributed by atoms with Crippen molar-refractivity contribution in [2.45, 2.75) is 12.0 Å². The zero-order valence-electron chi connectivity index (χ0n) is 6.58. The van der Waals surface area contributed by atoms with Crippen LogP contribution in [0.5, 0.6) is 0 Å². The summed E-state index contributed by atoms with van der Waals surface area (Å²) < 4.78 is 14.4. The normalized spacial score (nSPS) is 33.0. The van der Waals surface area contributed by atoms with Crippen molar-refractivity contribution in [2.24, 2.45) is 11.7 Å². The molecule has 0 heterocycles. The van der Waals surface area contributed by atoms with Crippen LogP contribution in [0.1, 0.15) is 6.42 Å². The average molecular weight is 211 g/mol. The van der Waals surface area contributed by atoms with Crippen LogP contribution in [0.25, 0.3) is 0 Å². The highest BCUT2D eigenvalue weighted by Crippen LogP contribution is 2.45. The number of nitrogens with two attached hydrogens (primary N) is 1. The Morgan fingerprint density at radius 3 is 2.54 bits per heavy atom. The van der Waals surface area contributed by atoms with E-state index in [1.807, 2.05) is 0 Å². The maximum atomic E-state index is 10.4. The van der Waals surface area contributed by atoms with Gasteiger partial charge >= 0.3 is 13.8 Å². The van der Waals surface area contributed by atoms with E-state index in [2.05, 4.69) is 4.52 Å². The fraction of sp³-hybridized carbons (Fsp3) is 0.800.